The first kappa shape index (κ1) is 24.6. The van der Waals surface area contributed by atoms with Gasteiger partial charge >= 0.3 is 0 Å². The number of pyridine rings is 1. The number of benzene rings is 1. The van der Waals surface area contributed by atoms with Crippen molar-refractivity contribution in [1.29, 1.82) is 0 Å². The SMILES string of the molecule is CN=C(NCc1ccnc(N2CCCC2)c1)N1CCN(Cc2ccc(Cl)cc2)C(=O)C1.I. The summed E-state index contributed by atoms with van der Waals surface area (Å²) in [5.74, 6) is 1.89. The van der Waals surface area contributed by atoms with Gasteiger partial charge in [0.05, 0.1) is 6.54 Å². The zero-order valence-corrected chi connectivity index (χ0v) is 21.4. The lowest BCUT2D eigenvalue weighted by Crippen LogP contribution is -2.54. The molecule has 9 heteroatoms. The number of amides is 1. The first-order valence-electron chi connectivity index (χ1n) is 10.8. The second-order valence-corrected chi connectivity index (χ2v) is 8.42. The molecule has 32 heavy (non-hydrogen) atoms. The van der Waals surface area contributed by atoms with E-state index in [2.05, 4.69) is 26.3 Å². The van der Waals surface area contributed by atoms with Crippen LogP contribution in [0.3, 0.4) is 0 Å². The lowest BCUT2D eigenvalue weighted by molar-refractivity contribution is -0.135. The average Bonchev–Trinajstić information content (AvgIpc) is 3.33. The van der Waals surface area contributed by atoms with Gasteiger partial charge in [-0.15, -0.1) is 24.0 Å². The predicted molar refractivity (Wildman–Crippen MR) is 140 cm³/mol. The van der Waals surface area contributed by atoms with Gasteiger partial charge in [0.25, 0.3) is 0 Å². The molecule has 0 radical (unpaired) electrons. The highest BCUT2D eigenvalue weighted by Gasteiger charge is 2.26. The summed E-state index contributed by atoms with van der Waals surface area (Å²) in [6.45, 7) is 5.14. The number of piperazine rings is 1. The Kier molecular flexibility index (Phi) is 8.98. The minimum absolute atomic E-state index is 0. The fourth-order valence-corrected chi connectivity index (χ4v) is 4.20. The van der Waals surface area contributed by atoms with Crippen molar-refractivity contribution in [1.82, 2.24) is 20.1 Å². The van der Waals surface area contributed by atoms with Crippen LogP contribution in [0.1, 0.15) is 24.0 Å². The first-order valence-corrected chi connectivity index (χ1v) is 11.2. The van der Waals surface area contributed by atoms with Crippen molar-refractivity contribution in [3.8, 4) is 0 Å². The van der Waals surface area contributed by atoms with Gasteiger partial charge < -0.3 is 20.0 Å². The van der Waals surface area contributed by atoms with E-state index in [4.69, 9.17) is 11.6 Å². The Morgan fingerprint density at radius 1 is 1.09 bits per heavy atom. The average molecular weight is 569 g/mol. The standard InChI is InChI=1S/C23H29ClN6O.HI/c1-25-23(27-15-19-8-9-26-21(14-19)28-10-2-3-11-28)30-13-12-29(22(31)17-30)16-18-4-6-20(24)7-5-18;/h4-9,14H,2-3,10-13,15-17H2,1H3,(H,25,27);1H. The summed E-state index contributed by atoms with van der Waals surface area (Å²) < 4.78 is 0. The Morgan fingerprint density at radius 3 is 2.53 bits per heavy atom. The monoisotopic (exact) mass is 568 g/mol. The highest BCUT2D eigenvalue weighted by molar-refractivity contribution is 14.0. The number of halogens is 2. The van der Waals surface area contributed by atoms with E-state index in [9.17, 15) is 4.79 Å². The Labute approximate surface area is 211 Å². The van der Waals surface area contributed by atoms with E-state index in [1.807, 2.05) is 46.3 Å². The van der Waals surface area contributed by atoms with Crippen molar-refractivity contribution in [3.05, 3.63) is 58.7 Å². The molecule has 2 saturated heterocycles. The van der Waals surface area contributed by atoms with Crippen molar-refractivity contribution in [2.24, 2.45) is 4.99 Å². The van der Waals surface area contributed by atoms with Crippen molar-refractivity contribution < 1.29 is 4.79 Å². The highest BCUT2D eigenvalue weighted by atomic mass is 127. The Balaban J connectivity index is 0.00000289. The van der Waals surface area contributed by atoms with Gasteiger partial charge in [0.1, 0.15) is 5.82 Å². The zero-order valence-electron chi connectivity index (χ0n) is 18.3. The minimum Gasteiger partial charge on any atom is -0.357 e. The molecule has 172 valence electrons. The van der Waals surface area contributed by atoms with E-state index in [1.165, 1.54) is 12.8 Å². The van der Waals surface area contributed by atoms with Crippen molar-refractivity contribution >= 4 is 53.3 Å². The van der Waals surface area contributed by atoms with E-state index in [-0.39, 0.29) is 29.9 Å². The molecular weight excluding hydrogens is 539 g/mol. The number of anilines is 1. The quantitative estimate of drug-likeness (QED) is 0.341. The second-order valence-electron chi connectivity index (χ2n) is 7.98. The number of aliphatic imine (C=N–C) groups is 1. The molecule has 0 saturated carbocycles. The van der Waals surface area contributed by atoms with Crippen LogP contribution in [-0.2, 0) is 17.9 Å². The molecule has 0 aliphatic carbocycles. The van der Waals surface area contributed by atoms with Crippen LogP contribution in [0.15, 0.2) is 47.6 Å². The predicted octanol–water partition coefficient (Wildman–Crippen LogP) is 3.37. The van der Waals surface area contributed by atoms with Crippen LogP contribution in [0.25, 0.3) is 0 Å². The van der Waals surface area contributed by atoms with Crippen LogP contribution in [0.2, 0.25) is 5.02 Å². The fourth-order valence-electron chi connectivity index (χ4n) is 4.07. The topological polar surface area (TPSA) is 64.1 Å². The van der Waals surface area contributed by atoms with Gasteiger partial charge in [-0.3, -0.25) is 9.79 Å². The number of nitrogens with zero attached hydrogens (tertiary/aromatic N) is 5. The summed E-state index contributed by atoms with van der Waals surface area (Å²) in [6, 6.07) is 11.8. The normalized spacial score (nSPS) is 16.9. The molecule has 2 aromatic rings. The number of carbonyl (C=O) groups excluding carboxylic acids is 1. The molecule has 0 bridgehead atoms. The number of nitrogens with one attached hydrogen (secondary N) is 1. The number of carbonyl (C=O) groups is 1. The van der Waals surface area contributed by atoms with E-state index in [0.717, 1.165) is 42.5 Å². The summed E-state index contributed by atoms with van der Waals surface area (Å²) in [5.41, 5.74) is 2.24. The highest BCUT2D eigenvalue weighted by Crippen LogP contribution is 2.18. The fraction of sp³-hybridized carbons (Fsp3) is 0.435. The molecule has 1 aromatic carbocycles. The van der Waals surface area contributed by atoms with Crippen LogP contribution < -0.4 is 10.2 Å². The third-order valence-electron chi connectivity index (χ3n) is 5.81. The Morgan fingerprint density at radius 2 is 1.84 bits per heavy atom. The summed E-state index contributed by atoms with van der Waals surface area (Å²) in [7, 11) is 1.76. The van der Waals surface area contributed by atoms with Crippen molar-refractivity contribution in [2.45, 2.75) is 25.9 Å². The third kappa shape index (κ3) is 6.25. The van der Waals surface area contributed by atoms with Crippen LogP contribution in [0.4, 0.5) is 5.82 Å². The number of hydrogen-bond acceptors (Lipinski definition) is 4. The van der Waals surface area contributed by atoms with E-state index in [0.29, 0.717) is 31.2 Å². The van der Waals surface area contributed by atoms with Gasteiger partial charge in [0.15, 0.2) is 5.96 Å². The Hall–Kier alpha value is -2.07. The zero-order chi connectivity index (χ0) is 21.6. The molecule has 3 heterocycles. The van der Waals surface area contributed by atoms with Gasteiger partial charge in [0.2, 0.25) is 5.91 Å². The number of hydrogen-bond donors (Lipinski definition) is 1. The molecule has 7 nitrogen and oxygen atoms in total. The summed E-state index contributed by atoms with van der Waals surface area (Å²) in [5, 5.41) is 4.11. The number of guanidine groups is 1. The maximum Gasteiger partial charge on any atom is 0.242 e. The van der Waals surface area contributed by atoms with Crippen molar-refractivity contribution in [2.75, 3.05) is 44.7 Å². The molecule has 0 atom stereocenters. The molecule has 2 fully saturated rings. The van der Waals surface area contributed by atoms with Gasteiger partial charge in [-0.2, -0.15) is 0 Å². The number of rotatable bonds is 5. The lowest BCUT2D eigenvalue weighted by atomic mass is 10.2. The first-order chi connectivity index (χ1) is 15.1. The Bertz CT molecular complexity index is 932. The molecule has 4 rings (SSSR count). The maximum atomic E-state index is 12.7. The molecule has 0 spiro atoms. The smallest absolute Gasteiger partial charge is 0.242 e. The molecule has 1 N–H and O–H groups in total. The molecule has 1 amide bonds. The third-order valence-corrected chi connectivity index (χ3v) is 6.06. The van der Waals surface area contributed by atoms with E-state index >= 15 is 0 Å². The second kappa shape index (κ2) is 11.7. The summed E-state index contributed by atoms with van der Waals surface area (Å²) >= 11 is 5.96. The molecule has 2 aliphatic rings. The largest absolute Gasteiger partial charge is 0.357 e. The van der Waals surface area contributed by atoms with Crippen LogP contribution in [0.5, 0.6) is 0 Å². The molecule has 2 aliphatic heterocycles. The van der Waals surface area contributed by atoms with Gasteiger partial charge in [0, 0.05) is 57.5 Å². The molecule has 1 aromatic heterocycles. The van der Waals surface area contributed by atoms with Gasteiger partial charge in [-0.1, -0.05) is 23.7 Å². The van der Waals surface area contributed by atoms with Crippen LogP contribution in [0, 0.1) is 0 Å². The van der Waals surface area contributed by atoms with E-state index < -0.39 is 0 Å². The van der Waals surface area contributed by atoms with Gasteiger partial charge in [-0.05, 0) is 48.2 Å². The lowest BCUT2D eigenvalue weighted by Gasteiger charge is -2.36. The van der Waals surface area contributed by atoms with Gasteiger partial charge in [-0.25, -0.2) is 4.98 Å². The minimum atomic E-state index is 0. The van der Waals surface area contributed by atoms with Crippen LogP contribution in [-0.4, -0.2) is 66.4 Å². The summed E-state index contributed by atoms with van der Waals surface area (Å²) in [4.78, 5) is 27.9. The van der Waals surface area contributed by atoms with E-state index in [1.54, 1.807) is 7.05 Å². The van der Waals surface area contributed by atoms with Crippen LogP contribution >= 0.6 is 35.6 Å². The summed E-state index contributed by atoms with van der Waals surface area (Å²) in [6.07, 6.45) is 4.33. The number of aromatic nitrogens is 1. The van der Waals surface area contributed by atoms with Crippen molar-refractivity contribution in [3.63, 3.8) is 0 Å². The molecular formula is C23H30ClIN6O. The molecule has 0 unspecified atom stereocenters. The maximum absolute atomic E-state index is 12.7.